The maximum atomic E-state index is 5.79. The first-order valence-corrected chi connectivity index (χ1v) is 8.32. The fourth-order valence-corrected chi connectivity index (χ4v) is 2.62. The van der Waals surface area contributed by atoms with Gasteiger partial charge in [-0.15, -0.1) is 11.3 Å². The van der Waals surface area contributed by atoms with Crippen LogP contribution in [-0.2, 0) is 13.2 Å². The molecule has 21 heavy (non-hydrogen) atoms. The Balaban J connectivity index is 1.85. The second-order valence-corrected chi connectivity index (χ2v) is 6.72. The lowest BCUT2D eigenvalue weighted by atomic mass is 10.0. The van der Waals surface area contributed by atoms with Gasteiger partial charge in [0.15, 0.2) is 0 Å². The van der Waals surface area contributed by atoms with E-state index in [0.717, 1.165) is 23.0 Å². The van der Waals surface area contributed by atoms with Crippen molar-refractivity contribution in [1.82, 2.24) is 10.3 Å². The highest BCUT2D eigenvalue weighted by atomic mass is 32.1. The molecule has 0 aliphatic carbocycles. The van der Waals surface area contributed by atoms with E-state index >= 15 is 0 Å². The van der Waals surface area contributed by atoms with Gasteiger partial charge in [-0.2, -0.15) is 0 Å². The smallest absolute Gasteiger partial charge is 0.131 e. The van der Waals surface area contributed by atoms with Crippen LogP contribution in [0.3, 0.4) is 0 Å². The van der Waals surface area contributed by atoms with Crippen LogP contribution in [0.1, 0.15) is 49.9 Å². The summed E-state index contributed by atoms with van der Waals surface area (Å²) in [7, 11) is 0. The SMILES string of the molecule is CC(C)NCc1nc(COc2ccc(C(C)C)cc2)cs1. The van der Waals surface area contributed by atoms with Crippen LogP contribution in [0.15, 0.2) is 29.6 Å². The summed E-state index contributed by atoms with van der Waals surface area (Å²) in [4.78, 5) is 4.57. The number of aromatic nitrogens is 1. The molecule has 0 fully saturated rings. The van der Waals surface area contributed by atoms with Gasteiger partial charge >= 0.3 is 0 Å². The minimum Gasteiger partial charge on any atom is -0.487 e. The number of hydrogen-bond donors (Lipinski definition) is 1. The third-order valence-corrected chi connectivity index (χ3v) is 4.09. The summed E-state index contributed by atoms with van der Waals surface area (Å²) in [5, 5.41) is 6.55. The van der Waals surface area contributed by atoms with Crippen molar-refractivity contribution in [3.05, 3.63) is 45.9 Å². The van der Waals surface area contributed by atoms with Crippen molar-refractivity contribution in [2.45, 2.75) is 52.8 Å². The van der Waals surface area contributed by atoms with Crippen LogP contribution in [0.2, 0.25) is 0 Å². The van der Waals surface area contributed by atoms with Crippen molar-refractivity contribution in [2.75, 3.05) is 0 Å². The van der Waals surface area contributed by atoms with E-state index in [2.05, 4.69) is 55.5 Å². The van der Waals surface area contributed by atoms with Gasteiger partial charge in [0.05, 0.1) is 5.69 Å². The number of nitrogens with zero attached hydrogens (tertiary/aromatic N) is 1. The first kappa shape index (κ1) is 16.0. The van der Waals surface area contributed by atoms with Gasteiger partial charge in [-0.25, -0.2) is 4.98 Å². The third kappa shape index (κ3) is 5.14. The third-order valence-electron chi connectivity index (χ3n) is 3.19. The zero-order valence-corrected chi connectivity index (χ0v) is 14.0. The predicted octanol–water partition coefficient (Wildman–Crippen LogP) is 4.34. The molecule has 3 nitrogen and oxygen atoms in total. The van der Waals surface area contributed by atoms with Crippen molar-refractivity contribution in [3.63, 3.8) is 0 Å². The Morgan fingerprint density at radius 3 is 2.48 bits per heavy atom. The van der Waals surface area contributed by atoms with Gasteiger partial charge in [0, 0.05) is 18.0 Å². The number of rotatable bonds is 7. The van der Waals surface area contributed by atoms with E-state index in [1.54, 1.807) is 11.3 Å². The van der Waals surface area contributed by atoms with Gasteiger partial charge in [0.1, 0.15) is 17.4 Å². The quantitative estimate of drug-likeness (QED) is 0.826. The Hall–Kier alpha value is -1.39. The standard InChI is InChI=1S/C17H24N2OS/c1-12(2)14-5-7-16(8-6-14)20-10-15-11-21-17(19-15)9-18-13(3)4/h5-8,11-13,18H,9-10H2,1-4H3. The maximum Gasteiger partial charge on any atom is 0.131 e. The largest absolute Gasteiger partial charge is 0.487 e. The fraction of sp³-hybridized carbons (Fsp3) is 0.471. The molecule has 0 aliphatic heterocycles. The summed E-state index contributed by atoms with van der Waals surface area (Å²) in [6.45, 7) is 10.0. The average molecular weight is 304 g/mol. The van der Waals surface area contributed by atoms with E-state index in [-0.39, 0.29) is 0 Å². The molecule has 0 bridgehead atoms. The van der Waals surface area contributed by atoms with Crippen molar-refractivity contribution < 1.29 is 4.74 Å². The highest BCUT2D eigenvalue weighted by Crippen LogP contribution is 2.19. The molecule has 114 valence electrons. The lowest BCUT2D eigenvalue weighted by Crippen LogP contribution is -2.21. The first-order valence-electron chi connectivity index (χ1n) is 7.44. The summed E-state index contributed by atoms with van der Waals surface area (Å²) in [5.41, 5.74) is 2.33. The average Bonchev–Trinajstić information content (AvgIpc) is 2.91. The molecule has 1 aromatic carbocycles. The van der Waals surface area contributed by atoms with Crippen LogP contribution >= 0.6 is 11.3 Å². The summed E-state index contributed by atoms with van der Waals surface area (Å²) < 4.78 is 5.79. The van der Waals surface area contributed by atoms with Gasteiger partial charge in [-0.1, -0.05) is 39.8 Å². The molecule has 1 heterocycles. The molecule has 0 unspecified atom stereocenters. The molecule has 0 spiro atoms. The molecule has 0 saturated carbocycles. The molecule has 0 aliphatic rings. The predicted molar refractivity (Wildman–Crippen MR) is 89.0 cm³/mol. The molecule has 1 aromatic heterocycles. The summed E-state index contributed by atoms with van der Waals surface area (Å²) in [5.74, 6) is 1.45. The monoisotopic (exact) mass is 304 g/mol. The van der Waals surface area contributed by atoms with E-state index in [4.69, 9.17) is 4.74 Å². The Bertz CT molecular complexity index is 546. The van der Waals surface area contributed by atoms with Crippen molar-refractivity contribution in [1.29, 1.82) is 0 Å². The lowest BCUT2D eigenvalue weighted by molar-refractivity contribution is 0.301. The minimum atomic E-state index is 0.480. The van der Waals surface area contributed by atoms with Crippen LogP contribution in [0.5, 0.6) is 5.75 Å². The molecule has 0 amide bonds. The molecule has 2 aromatic rings. The van der Waals surface area contributed by atoms with Crippen LogP contribution < -0.4 is 10.1 Å². The molecule has 0 saturated heterocycles. The van der Waals surface area contributed by atoms with Gasteiger partial charge in [-0.05, 0) is 23.6 Å². The molecule has 2 rings (SSSR count). The molecule has 1 N–H and O–H groups in total. The van der Waals surface area contributed by atoms with Crippen LogP contribution in [0.25, 0.3) is 0 Å². The van der Waals surface area contributed by atoms with Crippen LogP contribution in [-0.4, -0.2) is 11.0 Å². The summed E-state index contributed by atoms with van der Waals surface area (Å²) >= 11 is 1.68. The van der Waals surface area contributed by atoms with Crippen molar-refractivity contribution in [3.8, 4) is 5.75 Å². The van der Waals surface area contributed by atoms with Crippen molar-refractivity contribution in [2.24, 2.45) is 0 Å². The van der Waals surface area contributed by atoms with E-state index in [1.165, 1.54) is 5.56 Å². The van der Waals surface area contributed by atoms with Gasteiger partial charge in [0.2, 0.25) is 0 Å². The van der Waals surface area contributed by atoms with E-state index < -0.39 is 0 Å². The number of benzene rings is 1. The van der Waals surface area contributed by atoms with Gasteiger partial charge < -0.3 is 10.1 Å². The maximum absolute atomic E-state index is 5.79. The topological polar surface area (TPSA) is 34.2 Å². The first-order chi connectivity index (χ1) is 10.0. The van der Waals surface area contributed by atoms with E-state index in [1.807, 2.05) is 12.1 Å². The summed E-state index contributed by atoms with van der Waals surface area (Å²) in [6, 6.07) is 8.79. The van der Waals surface area contributed by atoms with Gasteiger partial charge in [0.25, 0.3) is 0 Å². The van der Waals surface area contributed by atoms with Gasteiger partial charge in [-0.3, -0.25) is 0 Å². The molecule has 4 heteroatoms. The molecular formula is C17H24N2OS. The fourth-order valence-electron chi connectivity index (χ4n) is 1.89. The highest BCUT2D eigenvalue weighted by Gasteiger charge is 2.04. The molecule has 0 atom stereocenters. The highest BCUT2D eigenvalue weighted by molar-refractivity contribution is 7.09. The normalized spacial score (nSPS) is 11.3. The zero-order chi connectivity index (χ0) is 15.2. The Kier molecular flexibility index (Phi) is 5.76. The lowest BCUT2D eigenvalue weighted by Gasteiger charge is -2.08. The second-order valence-electron chi connectivity index (χ2n) is 5.78. The second kappa shape index (κ2) is 7.57. The minimum absolute atomic E-state index is 0.480. The van der Waals surface area contributed by atoms with Crippen LogP contribution in [0.4, 0.5) is 0 Å². The number of ether oxygens (including phenoxy) is 1. The summed E-state index contributed by atoms with van der Waals surface area (Å²) in [6.07, 6.45) is 0. The van der Waals surface area contributed by atoms with E-state index in [0.29, 0.717) is 18.6 Å². The van der Waals surface area contributed by atoms with Crippen molar-refractivity contribution >= 4 is 11.3 Å². The Morgan fingerprint density at radius 2 is 1.86 bits per heavy atom. The Labute approximate surface area is 131 Å². The number of nitrogens with one attached hydrogen (secondary N) is 1. The van der Waals surface area contributed by atoms with Crippen LogP contribution in [0, 0.1) is 0 Å². The van der Waals surface area contributed by atoms with E-state index in [9.17, 15) is 0 Å². The zero-order valence-electron chi connectivity index (χ0n) is 13.2. The number of thiazole rings is 1. The number of hydrogen-bond acceptors (Lipinski definition) is 4. The Morgan fingerprint density at radius 1 is 1.14 bits per heavy atom. The molecule has 0 radical (unpaired) electrons. The molecular weight excluding hydrogens is 280 g/mol.